The highest BCUT2D eigenvalue weighted by Gasteiger charge is 2.54. The minimum absolute atomic E-state index is 0.311. The number of piperidine rings is 1. The number of aromatic nitrogens is 1. The summed E-state index contributed by atoms with van der Waals surface area (Å²) in [5.74, 6) is 1.26. The highest BCUT2D eigenvalue weighted by molar-refractivity contribution is 5.90. The van der Waals surface area contributed by atoms with Gasteiger partial charge >= 0.3 is 0 Å². The highest BCUT2D eigenvalue weighted by atomic mass is 16.5. The summed E-state index contributed by atoms with van der Waals surface area (Å²) in [6.07, 6.45) is 8.01. The number of methoxy groups -OCH3 is 1. The number of ether oxygens (including phenoxy) is 1. The molecule has 1 unspecified atom stereocenters. The van der Waals surface area contributed by atoms with Gasteiger partial charge in [-0.3, -0.25) is 14.7 Å². The first-order valence-corrected chi connectivity index (χ1v) is 9.61. The molecule has 136 valence electrons. The molecule has 1 saturated heterocycles. The maximum atomic E-state index is 11.6. The number of hydrogen-bond acceptors (Lipinski definition) is 4. The summed E-state index contributed by atoms with van der Waals surface area (Å²) < 4.78 is 6.27. The number of carbonyl (C=O) groups excluding carboxylic acids is 1. The van der Waals surface area contributed by atoms with E-state index in [0.29, 0.717) is 17.5 Å². The van der Waals surface area contributed by atoms with Gasteiger partial charge < -0.3 is 10.5 Å². The van der Waals surface area contributed by atoms with Gasteiger partial charge in [-0.2, -0.15) is 0 Å². The number of carbonyl (C=O) groups is 1. The highest BCUT2D eigenvalue weighted by Crippen LogP contribution is 2.52. The van der Waals surface area contributed by atoms with Crippen LogP contribution in [0.4, 0.5) is 0 Å². The fourth-order valence-electron chi connectivity index (χ4n) is 5.66. The van der Waals surface area contributed by atoms with E-state index >= 15 is 0 Å². The average Bonchev–Trinajstić information content (AvgIpc) is 2.59. The molecule has 2 bridgehead atoms. The van der Waals surface area contributed by atoms with Crippen molar-refractivity contribution in [3.05, 3.63) is 29.6 Å². The molecule has 4 rings (SSSR count). The van der Waals surface area contributed by atoms with Gasteiger partial charge in [0.05, 0.1) is 0 Å². The van der Waals surface area contributed by atoms with Crippen molar-refractivity contribution in [3.63, 3.8) is 0 Å². The largest absolute Gasteiger partial charge is 0.373 e. The normalized spacial score (nSPS) is 38.2. The first kappa shape index (κ1) is 17.0. The van der Waals surface area contributed by atoms with Crippen LogP contribution in [0, 0.1) is 17.8 Å². The smallest absolute Gasteiger partial charge is 0.267 e. The Balaban J connectivity index is 1.69. The molecule has 0 aromatic carbocycles. The summed E-state index contributed by atoms with van der Waals surface area (Å²) in [6.45, 7) is 4.56. The van der Waals surface area contributed by atoms with Gasteiger partial charge in [0.15, 0.2) is 0 Å². The molecular formula is C20H29N3O2. The Hall–Kier alpha value is -1.46. The van der Waals surface area contributed by atoms with Crippen molar-refractivity contribution in [2.75, 3.05) is 20.2 Å². The molecule has 5 atom stereocenters. The van der Waals surface area contributed by atoms with Crippen molar-refractivity contribution >= 4 is 5.91 Å². The van der Waals surface area contributed by atoms with E-state index in [-0.39, 0.29) is 5.60 Å². The molecule has 0 radical (unpaired) electrons. The molecule has 1 aliphatic heterocycles. The maximum absolute atomic E-state index is 11.6. The van der Waals surface area contributed by atoms with E-state index in [4.69, 9.17) is 10.5 Å². The number of hydrogen-bond donors (Lipinski definition) is 1. The average molecular weight is 343 g/mol. The predicted molar refractivity (Wildman–Crippen MR) is 96.0 cm³/mol. The van der Waals surface area contributed by atoms with Crippen LogP contribution in [0.3, 0.4) is 0 Å². The summed E-state index contributed by atoms with van der Waals surface area (Å²) >= 11 is 0. The van der Waals surface area contributed by atoms with Gasteiger partial charge in [0.2, 0.25) is 0 Å². The van der Waals surface area contributed by atoms with Crippen LogP contribution < -0.4 is 5.73 Å². The summed E-state index contributed by atoms with van der Waals surface area (Å²) in [5, 5.41) is 0. The number of amides is 1. The summed E-state index contributed by atoms with van der Waals surface area (Å²) in [4.78, 5) is 18.5. The summed E-state index contributed by atoms with van der Waals surface area (Å²) in [7, 11) is 1.83. The number of primary amides is 1. The van der Waals surface area contributed by atoms with Crippen LogP contribution in [0.5, 0.6) is 0 Å². The molecule has 5 nitrogen and oxygen atoms in total. The zero-order valence-electron chi connectivity index (χ0n) is 15.3. The van der Waals surface area contributed by atoms with Crippen LogP contribution in [0.25, 0.3) is 0 Å². The second kappa shape index (κ2) is 6.36. The molecule has 3 fully saturated rings. The number of fused-ring (bicyclic) bond motifs is 2. The monoisotopic (exact) mass is 343 g/mol. The third-order valence-corrected chi connectivity index (χ3v) is 7.07. The molecule has 25 heavy (non-hydrogen) atoms. The molecular weight excluding hydrogens is 314 g/mol. The minimum atomic E-state index is -0.473. The Morgan fingerprint density at radius 3 is 2.52 bits per heavy atom. The topological polar surface area (TPSA) is 68.5 Å². The Morgan fingerprint density at radius 1 is 1.28 bits per heavy atom. The molecule has 3 aliphatic rings. The lowest BCUT2D eigenvalue weighted by Crippen LogP contribution is -2.62. The van der Waals surface area contributed by atoms with Gasteiger partial charge in [-0.25, -0.2) is 0 Å². The first-order chi connectivity index (χ1) is 12.1. The van der Waals surface area contributed by atoms with Crippen LogP contribution in [-0.2, 0) is 10.3 Å². The van der Waals surface area contributed by atoms with Gasteiger partial charge in [-0.05, 0) is 49.3 Å². The van der Waals surface area contributed by atoms with Gasteiger partial charge in [0, 0.05) is 44.3 Å². The van der Waals surface area contributed by atoms with E-state index in [9.17, 15) is 4.79 Å². The molecule has 2 N–H and O–H groups in total. The zero-order valence-corrected chi connectivity index (χ0v) is 15.3. The van der Waals surface area contributed by atoms with Crippen LogP contribution in [0.1, 0.15) is 55.1 Å². The van der Waals surface area contributed by atoms with Crippen molar-refractivity contribution in [2.45, 2.75) is 50.7 Å². The van der Waals surface area contributed by atoms with E-state index in [1.54, 1.807) is 6.20 Å². The van der Waals surface area contributed by atoms with E-state index in [1.165, 1.54) is 32.1 Å². The van der Waals surface area contributed by atoms with Crippen molar-refractivity contribution in [3.8, 4) is 0 Å². The van der Waals surface area contributed by atoms with Crippen molar-refractivity contribution in [1.82, 2.24) is 9.88 Å². The molecule has 0 spiro atoms. The van der Waals surface area contributed by atoms with Crippen molar-refractivity contribution < 1.29 is 9.53 Å². The predicted octanol–water partition coefficient (Wildman–Crippen LogP) is 2.55. The summed E-state index contributed by atoms with van der Waals surface area (Å²) in [6, 6.07) is 4.62. The van der Waals surface area contributed by atoms with E-state index in [0.717, 1.165) is 30.6 Å². The maximum Gasteiger partial charge on any atom is 0.267 e. The Morgan fingerprint density at radius 2 is 2.00 bits per heavy atom. The Kier molecular flexibility index (Phi) is 4.32. The lowest BCUT2D eigenvalue weighted by atomic mass is 9.61. The van der Waals surface area contributed by atoms with Crippen LogP contribution >= 0.6 is 0 Å². The number of pyridine rings is 1. The molecule has 5 heteroatoms. The third kappa shape index (κ3) is 2.59. The SMILES string of the molecule is COC1(c2ccnc(C(N)=O)c2)[C@@H]2CCC[C@H]1CN([C@@H]1CC[C@@H]1C)C2. The molecule has 2 aliphatic carbocycles. The number of nitrogens with zero attached hydrogens (tertiary/aromatic N) is 2. The van der Waals surface area contributed by atoms with Crippen LogP contribution in [-0.4, -0.2) is 42.0 Å². The quantitative estimate of drug-likeness (QED) is 0.912. The molecule has 2 heterocycles. The third-order valence-electron chi connectivity index (χ3n) is 7.07. The molecule has 1 aromatic rings. The second-order valence-electron chi connectivity index (χ2n) is 8.19. The standard InChI is InChI=1S/C20H29N3O2/c1-13-6-7-18(13)23-11-15-4-3-5-16(12-23)20(15,25-2)14-8-9-22-17(10-14)19(21)24/h8-10,13,15-16,18H,3-7,11-12H2,1-2H3,(H2,21,24)/t13-,15-,16+,18+,20?/m0/s1. The van der Waals surface area contributed by atoms with Crippen molar-refractivity contribution in [2.24, 2.45) is 23.5 Å². The van der Waals surface area contributed by atoms with Gasteiger partial charge in [0.25, 0.3) is 5.91 Å². The molecule has 1 aromatic heterocycles. The lowest BCUT2D eigenvalue weighted by Gasteiger charge is -2.58. The number of rotatable bonds is 4. The van der Waals surface area contributed by atoms with Crippen LogP contribution in [0.2, 0.25) is 0 Å². The molecule has 2 saturated carbocycles. The van der Waals surface area contributed by atoms with Gasteiger partial charge in [-0.1, -0.05) is 13.3 Å². The van der Waals surface area contributed by atoms with E-state index < -0.39 is 5.91 Å². The van der Waals surface area contributed by atoms with Crippen LogP contribution in [0.15, 0.2) is 18.3 Å². The van der Waals surface area contributed by atoms with E-state index in [2.05, 4.69) is 16.8 Å². The van der Waals surface area contributed by atoms with Gasteiger partial charge in [-0.15, -0.1) is 0 Å². The Bertz CT molecular complexity index is 648. The fourth-order valence-corrected chi connectivity index (χ4v) is 5.66. The first-order valence-electron chi connectivity index (χ1n) is 9.61. The lowest BCUT2D eigenvalue weighted by molar-refractivity contribution is -0.181. The number of likely N-dealkylation sites (tertiary alicyclic amines) is 1. The zero-order chi connectivity index (χ0) is 17.6. The number of nitrogens with two attached hydrogens (primary N) is 1. The minimum Gasteiger partial charge on any atom is -0.373 e. The fraction of sp³-hybridized carbons (Fsp3) is 0.700. The Labute approximate surface area is 149 Å². The summed E-state index contributed by atoms with van der Waals surface area (Å²) in [5.41, 5.74) is 6.57. The van der Waals surface area contributed by atoms with Crippen molar-refractivity contribution in [1.29, 1.82) is 0 Å². The second-order valence-corrected chi connectivity index (χ2v) is 8.19. The van der Waals surface area contributed by atoms with E-state index in [1.807, 2.05) is 19.2 Å². The molecule has 1 amide bonds. The van der Waals surface area contributed by atoms with Gasteiger partial charge in [0.1, 0.15) is 11.3 Å².